The van der Waals surface area contributed by atoms with Crippen LogP contribution >= 0.6 is 0 Å². The molecule has 1 aliphatic rings. The first-order valence-electron chi connectivity index (χ1n) is 8.76. The molecule has 0 amide bonds. The summed E-state index contributed by atoms with van der Waals surface area (Å²) < 4.78 is 8.23. The highest BCUT2D eigenvalue weighted by Gasteiger charge is 2.20. The molecular formula is C19H27N3O. The Morgan fingerprint density at radius 3 is 2.70 bits per heavy atom. The van der Waals surface area contributed by atoms with E-state index in [1.54, 1.807) is 0 Å². The van der Waals surface area contributed by atoms with E-state index in [2.05, 4.69) is 40.3 Å². The fraction of sp³-hybridized carbons (Fsp3) is 0.526. The van der Waals surface area contributed by atoms with Gasteiger partial charge in [0.2, 0.25) is 5.88 Å². The molecule has 1 saturated carbocycles. The van der Waals surface area contributed by atoms with Gasteiger partial charge in [-0.05, 0) is 25.5 Å². The van der Waals surface area contributed by atoms with Crippen LogP contribution in [0.3, 0.4) is 0 Å². The lowest BCUT2D eigenvalue weighted by Gasteiger charge is -2.23. The fourth-order valence-corrected chi connectivity index (χ4v) is 3.31. The molecule has 1 N–H and O–H groups in total. The van der Waals surface area contributed by atoms with Crippen LogP contribution in [0.5, 0.6) is 5.88 Å². The minimum atomic E-state index is 0.501. The first-order chi connectivity index (χ1) is 11.4. The average molecular weight is 313 g/mol. The molecule has 3 rings (SSSR count). The predicted molar refractivity (Wildman–Crippen MR) is 92.8 cm³/mol. The van der Waals surface area contributed by atoms with Crippen molar-refractivity contribution < 1.29 is 4.74 Å². The highest BCUT2D eigenvalue weighted by molar-refractivity contribution is 5.18. The minimum Gasteiger partial charge on any atom is -0.477 e. The Morgan fingerprint density at radius 2 is 1.96 bits per heavy atom. The summed E-state index contributed by atoms with van der Waals surface area (Å²) in [5.74, 6) is 0.929. The van der Waals surface area contributed by atoms with Crippen LogP contribution in [0.15, 0.2) is 36.4 Å². The summed E-state index contributed by atoms with van der Waals surface area (Å²) in [4.78, 5) is 0. The molecule has 0 spiro atoms. The summed E-state index contributed by atoms with van der Waals surface area (Å²) >= 11 is 0. The van der Waals surface area contributed by atoms with Crippen molar-refractivity contribution in [1.29, 1.82) is 0 Å². The molecule has 0 unspecified atom stereocenters. The molecule has 1 heterocycles. The summed E-state index contributed by atoms with van der Waals surface area (Å²) in [5.41, 5.74) is 2.37. The van der Waals surface area contributed by atoms with Crippen molar-refractivity contribution in [3.63, 3.8) is 0 Å². The molecular weight excluding hydrogens is 286 g/mol. The average Bonchev–Trinajstić information content (AvgIpc) is 3.00. The molecule has 1 aromatic carbocycles. The summed E-state index contributed by atoms with van der Waals surface area (Å²) in [7, 11) is 1.95. The minimum absolute atomic E-state index is 0.501. The molecule has 1 fully saturated rings. The topological polar surface area (TPSA) is 39.1 Å². The largest absolute Gasteiger partial charge is 0.477 e. The second-order valence-electron chi connectivity index (χ2n) is 6.32. The van der Waals surface area contributed by atoms with Crippen LogP contribution in [0.2, 0.25) is 0 Å². The maximum absolute atomic E-state index is 6.09. The lowest BCUT2D eigenvalue weighted by Crippen LogP contribution is -2.17. The first-order valence-corrected chi connectivity index (χ1v) is 8.76. The van der Waals surface area contributed by atoms with E-state index >= 15 is 0 Å². The Balaban J connectivity index is 1.66. The van der Waals surface area contributed by atoms with Gasteiger partial charge in [0.1, 0.15) is 0 Å². The van der Waals surface area contributed by atoms with Crippen LogP contribution < -0.4 is 10.1 Å². The third-order valence-electron chi connectivity index (χ3n) is 4.51. The van der Waals surface area contributed by atoms with Crippen molar-refractivity contribution in [1.82, 2.24) is 15.1 Å². The Kier molecular flexibility index (Phi) is 5.70. The van der Waals surface area contributed by atoms with Gasteiger partial charge in [0.25, 0.3) is 0 Å². The number of nitrogens with zero attached hydrogens (tertiary/aromatic N) is 2. The molecule has 0 bridgehead atoms. The van der Waals surface area contributed by atoms with Gasteiger partial charge < -0.3 is 10.1 Å². The predicted octanol–water partition coefficient (Wildman–Crippen LogP) is 3.73. The van der Waals surface area contributed by atoms with E-state index in [4.69, 9.17) is 9.84 Å². The summed E-state index contributed by atoms with van der Waals surface area (Å²) in [5, 5.41) is 7.96. The lowest BCUT2D eigenvalue weighted by atomic mass is 9.96. The Morgan fingerprint density at radius 1 is 1.17 bits per heavy atom. The molecule has 2 aromatic rings. The molecule has 0 aliphatic heterocycles. The SMILES string of the molecule is CNCc1cc(OCCc2ccccc2)n(C2CCCCC2)n1. The Labute approximate surface area is 138 Å². The normalized spacial score (nSPS) is 15.7. The van der Waals surface area contributed by atoms with Crippen molar-refractivity contribution in [2.24, 2.45) is 0 Å². The van der Waals surface area contributed by atoms with Crippen molar-refractivity contribution >= 4 is 0 Å². The maximum atomic E-state index is 6.09. The number of rotatable bonds is 7. The molecule has 4 heteroatoms. The Hall–Kier alpha value is -1.81. The van der Waals surface area contributed by atoms with Gasteiger partial charge in [0, 0.05) is 19.0 Å². The van der Waals surface area contributed by atoms with E-state index in [-0.39, 0.29) is 0 Å². The molecule has 0 saturated heterocycles. The van der Waals surface area contributed by atoms with Gasteiger partial charge in [0.05, 0.1) is 18.3 Å². The Bertz CT molecular complexity index is 588. The van der Waals surface area contributed by atoms with Gasteiger partial charge in [0.15, 0.2) is 0 Å². The zero-order valence-corrected chi connectivity index (χ0v) is 14.0. The highest BCUT2D eigenvalue weighted by atomic mass is 16.5. The smallest absolute Gasteiger partial charge is 0.212 e. The second kappa shape index (κ2) is 8.16. The number of ether oxygens (including phenoxy) is 1. The molecule has 4 nitrogen and oxygen atoms in total. The molecule has 1 aliphatic carbocycles. The highest BCUT2D eigenvalue weighted by Crippen LogP contribution is 2.31. The van der Waals surface area contributed by atoms with Crippen LogP contribution in [0.4, 0.5) is 0 Å². The number of nitrogens with one attached hydrogen (secondary N) is 1. The van der Waals surface area contributed by atoms with Gasteiger partial charge in [-0.3, -0.25) is 0 Å². The van der Waals surface area contributed by atoms with Gasteiger partial charge >= 0.3 is 0 Å². The van der Waals surface area contributed by atoms with E-state index in [1.165, 1.54) is 37.7 Å². The summed E-state index contributed by atoms with van der Waals surface area (Å²) in [6.07, 6.45) is 7.32. The van der Waals surface area contributed by atoms with Gasteiger partial charge in [-0.15, -0.1) is 0 Å². The molecule has 23 heavy (non-hydrogen) atoms. The quantitative estimate of drug-likeness (QED) is 0.846. The third kappa shape index (κ3) is 4.35. The standard InChI is InChI=1S/C19H27N3O/c1-20-15-17-14-19(22(21-17)18-10-6-3-7-11-18)23-13-12-16-8-4-2-5-9-16/h2,4-5,8-9,14,18,20H,3,6-7,10-13,15H2,1H3. The van der Waals surface area contributed by atoms with Crippen LogP contribution in [-0.2, 0) is 13.0 Å². The van der Waals surface area contributed by atoms with Gasteiger partial charge in [-0.25, -0.2) is 4.68 Å². The van der Waals surface area contributed by atoms with Crippen LogP contribution in [0, 0.1) is 0 Å². The van der Waals surface area contributed by atoms with Crippen molar-refractivity contribution in [2.45, 2.75) is 51.1 Å². The number of benzene rings is 1. The van der Waals surface area contributed by atoms with Crippen LogP contribution in [0.25, 0.3) is 0 Å². The third-order valence-corrected chi connectivity index (χ3v) is 4.51. The molecule has 1 aromatic heterocycles. The molecule has 124 valence electrons. The van der Waals surface area contributed by atoms with E-state index < -0.39 is 0 Å². The van der Waals surface area contributed by atoms with E-state index in [0.29, 0.717) is 12.6 Å². The van der Waals surface area contributed by atoms with Crippen LogP contribution in [0.1, 0.15) is 49.4 Å². The number of hydrogen-bond acceptors (Lipinski definition) is 3. The zero-order valence-electron chi connectivity index (χ0n) is 14.0. The van der Waals surface area contributed by atoms with Gasteiger partial charge in [-0.2, -0.15) is 5.10 Å². The first kappa shape index (κ1) is 16.1. The van der Waals surface area contributed by atoms with E-state index in [1.807, 2.05) is 13.1 Å². The van der Waals surface area contributed by atoms with Crippen molar-refractivity contribution in [2.75, 3.05) is 13.7 Å². The fourth-order valence-electron chi connectivity index (χ4n) is 3.31. The maximum Gasteiger partial charge on any atom is 0.212 e. The van der Waals surface area contributed by atoms with Gasteiger partial charge in [-0.1, -0.05) is 49.6 Å². The second-order valence-corrected chi connectivity index (χ2v) is 6.32. The van der Waals surface area contributed by atoms with Crippen molar-refractivity contribution in [3.05, 3.63) is 47.7 Å². The summed E-state index contributed by atoms with van der Waals surface area (Å²) in [6, 6.07) is 13.1. The summed E-state index contributed by atoms with van der Waals surface area (Å²) in [6.45, 7) is 1.48. The number of aromatic nitrogens is 2. The number of hydrogen-bond donors (Lipinski definition) is 1. The van der Waals surface area contributed by atoms with E-state index in [9.17, 15) is 0 Å². The lowest BCUT2D eigenvalue weighted by molar-refractivity contribution is 0.247. The van der Waals surface area contributed by atoms with Crippen molar-refractivity contribution in [3.8, 4) is 5.88 Å². The molecule has 0 radical (unpaired) electrons. The van der Waals surface area contributed by atoms with Crippen LogP contribution in [-0.4, -0.2) is 23.4 Å². The monoisotopic (exact) mass is 313 g/mol. The molecule has 0 atom stereocenters. The zero-order chi connectivity index (χ0) is 15.9. The van der Waals surface area contributed by atoms with E-state index in [0.717, 1.165) is 24.5 Å².